The highest BCUT2D eigenvalue weighted by Gasteiger charge is 2.19. The first-order valence-electron chi connectivity index (χ1n) is 5.92. The van der Waals surface area contributed by atoms with Crippen LogP contribution in [0, 0.1) is 5.92 Å². The van der Waals surface area contributed by atoms with Gasteiger partial charge in [-0.2, -0.15) is 0 Å². The van der Waals surface area contributed by atoms with Crippen LogP contribution in [0.1, 0.15) is 33.1 Å². The molecule has 4 heteroatoms. The number of hydrogen-bond donors (Lipinski definition) is 1. The number of carbonyl (C=O) groups is 1. The van der Waals surface area contributed by atoms with Gasteiger partial charge in [-0.3, -0.25) is 4.79 Å². The molecule has 0 radical (unpaired) electrons. The Labute approximate surface area is 98.7 Å². The molecule has 1 unspecified atom stereocenters. The van der Waals surface area contributed by atoms with Crippen LogP contribution in [0.25, 0.3) is 0 Å². The number of methoxy groups -OCH3 is 2. The SMILES string of the molecule is COCCCCNC(CC(C)C)C(=O)OC. The molecule has 0 rings (SSSR count). The van der Waals surface area contributed by atoms with Gasteiger partial charge in [0.25, 0.3) is 0 Å². The molecule has 0 spiro atoms. The van der Waals surface area contributed by atoms with Crippen molar-refractivity contribution in [1.29, 1.82) is 0 Å². The van der Waals surface area contributed by atoms with Gasteiger partial charge < -0.3 is 14.8 Å². The number of unbranched alkanes of at least 4 members (excludes halogenated alkanes) is 1. The van der Waals surface area contributed by atoms with E-state index in [0.29, 0.717) is 5.92 Å². The first-order chi connectivity index (χ1) is 7.61. The lowest BCUT2D eigenvalue weighted by Crippen LogP contribution is -2.39. The molecule has 0 fully saturated rings. The average Bonchev–Trinajstić information content (AvgIpc) is 2.25. The van der Waals surface area contributed by atoms with Crippen LogP contribution in [0.15, 0.2) is 0 Å². The van der Waals surface area contributed by atoms with E-state index in [2.05, 4.69) is 19.2 Å². The molecule has 1 atom stereocenters. The number of carbonyl (C=O) groups excluding carboxylic acids is 1. The topological polar surface area (TPSA) is 47.6 Å². The fourth-order valence-electron chi connectivity index (χ4n) is 1.52. The molecule has 4 nitrogen and oxygen atoms in total. The van der Waals surface area contributed by atoms with Crippen LogP contribution in [0.3, 0.4) is 0 Å². The second kappa shape index (κ2) is 9.60. The molecule has 0 saturated heterocycles. The first kappa shape index (κ1) is 15.4. The summed E-state index contributed by atoms with van der Waals surface area (Å²) in [7, 11) is 3.13. The minimum atomic E-state index is -0.174. The molecular formula is C12H25NO3. The third-order valence-electron chi connectivity index (χ3n) is 2.36. The third kappa shape index (κ3) is 7.65. The van der Waals surface area contributed by atoms with Gasteiger partial charge in [0.2, 0.25) is 0 Å². The molecule has 0 aromatic heterocycles. The second-order valence-corrected chi connectivity index (χ2v) is 4.36. The normalized spacial score (nSPS) is 12.8. The van der Waals surface area contributed by atoms with Crippen molar-refractivity contribution in [2.45, 2.75) is 39.2 Å². The fraction of sp³-hybridized carbons (Fsp3) is 0.917. The lowest BCUT2D eigenvalue weighted by molar-refractivity contribution is -0.143. The zero-order valence-electron chi connectivity index (χ0n) is 10.9. The van der Waals surface area contributed by atoms with E-state index in [1.165, 1.54) is 7.11 Å². The van der Waals surface area contributed by atoms with Gasteiger partial charge >= 0.3 is 5.97 Å². The maximum atomic E-state index is 11.5. The Morgan fingerprint density at radius 3 is 2.44 bits per heavy atom. The van der Waals surface area contributed by atoms with E-state index >= 15 is 0 Å². The summed E-state index contributed by atoms with van der Waals surface area (Å²) in [6, 6.07) is -0.174. The van der Waals surface area contributed by atoms with Gasteiger partial charge in [-0.25, -0.2) is 0 Å². The van der Waals surface area contributed by atoms with Crippen LogP contribution in [0.2, 0.25) is 0 Å². The highest BCUT2D eigenvalue weighted by molar-refractivity contribution is 5.75. The van der Waals surface area contributed by atoms with E-state index in [1.54, 1.807) is 7.11 Å². The Bertz CT molecular complexity index is 183. The zero-order chi connectivity index (χ0) is 12.4. The van der Waals surface area contributed by atoms with Gasteiger partial charge in [0, 0.05) is 13.7 Å². The molecule has 0 aliphatic rings. The summed E-state index contributed by atoms with van der Waals surface area (Å²) in [5.41, 5.74) is 0. The van der Waals surface area contributed by atoms with E-state index < -0.39 is 0 Å². The predicted octanol–water partition coefficient (Wildman–Crippen LogP) is 1.59. The number of nitrogens with one attached hydrogen (secondary N) is 1. The number of rotatable bonds is 9. The van der Waals surface area contributed by atoms with Crippen molar-refractivity contribution in [3.8, 4) is 0 Å². The summed E-state index contributed by atoms with van der Waals surface area (Å²) in [5, 5.41) is 3.23. The fourth-order valence-corrected chi connectivity index (χ4v) is 1.52. The Hall–Kier alpha value is -0.610. The Balaban J connectivity index is 3.79. The molecule has 0 aromatic rings. The van der Waals surface area contributed by atoms with Gasteiger partial charge in [0.05, 0.1) is 7.11 Å². The molecule has 0 heterocycles. The van der Waals surface area contributed by atoms with Gasteiger partial charge in [-0.15, -0.1) is 0 Å². The van der Waals surface area contributed by atoms with Gasteiger partial charge in [0.1, 0.15) is 6.04 Å². The quantitative estimate of drug-likeness (QED) is 0.483. The van der Waals surface area contributed by atoms with Crippen molar-refractivity contribution in [1.82, 2.24) is 5.32 Å². The highest BCUT2D eigenvalue weighted by atomic mass is 16.5. The van der Waals surface area contributed by atoms with Crippen molar-refractivity contribution in [3.63, 3.8) is 0 Å². The molecule has 0 aliphatic carbocycles. The summed E-state index contributed by atoms with van der Waals surface area (Å²) in [4.78, 5) is 11.5. The molecule has 0 bridgehead atoms. The van der Waals surface area contributed by atoms with Crippen LogP contribution in [0.5, 0.6) is 0 Å². The molecule has 96 valence electrons. The largest absolute Gasteiger partial charge is 0.468 e. The van der Waals surface area contributed by atoms with E-state index in [9.17, 15) is 4.79 Å². The third-order valence-corrected chi connectivity index (χ3v) is 2.36. The lowest BCUT2D eigenvalue weighted by Gasteiger charge is -2.18. The van der Waals surface area contributed by atoms with Crippen molar-refractivity contribution in [2.24, 2.45) is 5.92 Å². The minimum Gasteiger partial charge on any atom is -0.468 e. The van der Waals surface area contributed by atoms with Gasteiger partial charge in [-0.1, -0.05) is 13.8 Å². The summed E-state index contributed by atoms with van der Waals surface area (Å²) >= 11 is 0. The molecule has 16 heavy (non-hydrogen) atoms. The van der Waals surface area contributed by atoms with Gasteiger partial charge in [0.15, 0.2) is 0 Å². The van der Waals surface area contributed by atoms with E-state index in [1.807, 2.05) is 0 Å². The van der Waals surface area contributed by atoms with E-state index in [4.69, 9.17) is 9.47 Å². The Morgan fingerprint density at radius 1 is 1.25 bits per heavy atom. The van der Waals surface area contributed by atoms with Crippen LogP contribution >= 0.6 is 0 Å². The second-order valence-electron chi connectivity index (χ2n) is 4.36. The smallest absolute Gasteiger partial charge is 0.322 e. The van der Waals surface area contributed by atoms with Crippen LogP contribution in [-0.4, -0.2) is 39.4 Å². The van der Waals surface area contributed by atoms with Gasteiger partial charge in [-0.05, 0) is 31.7 Å². The molecule has 1 N–H and O–H groups in total. The molecule has 0 saturated carbocycles. The van der Waals surface area contributed by atoms with Crippen molar-refractivity contribution >= 4 is 5.97 Å². The van der Waals surface area contributed by atoms with Crippen molar-refractivity contribution in [2.75, 3.05) is 27.4 Å². The van der Waals surface area contributed by atoms with Crippen molar-refractivity contribution in [3.05, 3.63) is 0 Å². The maximum absolute atomic E-state index is 11.5. The summed E-state index contributed by atoms with van der Waals surface area (Å²) in [6.07, 6.45) is 2.84. The van der Waals surface area contributed by atoms with Crippen LogP contribution < -0.4 is 5.32 Å². The monoisotopic (exact) mass is 231 g/mol. The van der Waals surface area contributed by atoms with E-state index in [-0.39, 0.29) is 12.0 Å². The van der Waals surface area contributed by atoms with E-state index in [0.717, 1.165) is 32.4 Å². The zero-order valence-corrected chi connectivity index (χ0v) is 10.9. The average molecular weight is 231 g/mol. The minimum absolute atomic E-state index is 0.166. The highest BCUT2D eigenvalue weighted by Crippen LogP contribution is 2.06. The molecule has 0 aliphatic heterocycles. The predicted molar refractivity (Wildman–Crippen MR) is 64.4 cm³/mol. The number of hydrogen-bond acceptors (Lipinski definition) is 4. The molecule has 0 aromatic carbocycles. The van der Waals surface area contributed by atoms with Crippen molar-refractivity contribution < 1.29 is 14.3 Å². The summed E-state index contributed by atoms with van der Waals surface area (Å²) < 4.78 is 9.73. The first-order valence-corrected chi connectivity index (χ1v) is 5.92. The Morgan fingerprint density at radius 2 is 1.94 bits per heavy atom. The maximum Gasteiger partial charge on any atom is 0.322 e. The lowest BCUT2D eigenvalue weighted by atomic mass is 10.0. The molecular weight excluding hydrogens is 206 g/mol. The molecule has 0 amide bonds. The van der Waals surface area contributed by atoms with Crippen LogP contribution in [0.4, 0.5) is 0 Å². The standard InChI is InChI=1S/C12H25NO3/c1-10(2)9-11(12(14)16-4)13-7-5-6-8-15-3/h10-11,13H,5-9H2,1-4H3. The number of esters is 1. The van der Waals surface area contributed by atoms with Crippen LogP contribution in [-0.2, 0) is 14.3 Å². The summed E-state index contributed by atoms with van der Waals surface area (Å²) in [5.74, 6) is 0.316. The Kier molecular flexibility index (Phi) is 9.24. The summed E-state index contributed by atoms with van der Waals surface area (Å²) in [6.45, 7) is 5.80. The number of ether oxygens (including phenoxy) is 2.